The smallest absolute Gasteiger partial charge is 0.234 e. The molecule has 0 radical (unpaired) electrons. The highest BCUT2D eigenvalue weighted by Crippen LogP contribution is 2.27. The molecule has 2 aromatic rings. The molecule has 0 aliphatic carbocycles. The van der Waals surface area contributed by atoms with Gasteiger partial charge in [-0.2, -0.15) is 0 Å². The topological polar surface area (TPSA) is 90.1 Å². The Kier molecular flexibility index (Phi) is 5.24. The molecule has 3 N–H and O–H groups in total. The molecule has 110 valence electrons. The summed E-state index contributed by atoms with van der Waals surface area (Å²) >= 11 is 7.21. The van der Waals surface area contributed by atoms with E-state index < -0.39 is 0 Å². The standard InChI is InChI=1S/C13H13ClN4O2S/c1-20-10-3-2-8(6-9(10)14)18-11(19)7-21-13-12(15)16-4-5-17-13/h2-6H,7H2,1H3,(H2,15,16)(H,18,19). The summed E-state index contributed by atoms with van der Waals surface area (Å²) in [5, 5.41) is 3.69. The third kappa shape index (κ3) is 4.24. The zero-order valence-electron chi connectivity index (χ0n) is 11.2. The fourth-order valence-corrected chi connectivity index (χ4v) is 2.46. The Hall–Kier alpha value is -1.99. The number of amides is 1. The third-order valence-corrected chi connectivity index (χ3v) is 3.76. The molecule has 0 atom stereocenters. The van der Waals surface area contributed by atoms with Gasteiger partial charge in [0.1, 0.15) is 10.8 Å². The maximum atomic E-state index is 11.9. The maximum absolute atomic E-state index is 11.9. The number of anilines is 2. The van der Waals surface area contributed by atoms with Crippen LogP contribution in [0.4, 0.5) is 11.5 Å². The number of carbonyl (C=O) groups excluding carboxylic acids is 1. The van der Waals surface area contributed by atoms with Gasteiger partial charge in [0, 0.05) is 18.1 Å². The number of aromatic nitrogens is 2. The largest absolute Gasteiger partial charge is 0.495 e. The van der Waals surface area contributed by atoms with Gasteiger partial charge in [0.2, 0.25) is 5.91 Å². The summed E-state index contributed by atoms with van der Waals surface area (Å²) in [7, 11) is 1.53. The van der Waals surface area contributed by atoms with Gasteiger partial charge in [0.25, 0.3) is 0 Å². The lowest BCUT2D eigenvalue weighted by Gasteiger charge is -2.08. The van der Waals surface area contributed by atoms with Crippen molar-refractivity contribution in [1.82, 2.24) is 9.97 Å². The van der Waals surface area contributed by atoms with Gasteiger partial charge >= 0.3 is 0 Å². The molecule has 1 aromatic heterocycles. The number of benzene rings is 1. The van der Waals surface area contributed by atoms with Gasteiger partial charge in [-0.15, -0.1) is 0 Å². The van der Waals surface area contributed by atoms with Crippen LogP contribution in [-0.2, 0) is 4.79 Å². The first-order valence-corrected chi connectivity index (χ1v) is 7.29. The minimum atomic E-state index is -0.189. The third-order valence-electron chi connectivity index (χ3n) is 2.47. The summed E-state index contributed by atoms with van der Waals surface area (Å²) in [6.45, 7) is 0. The van der Waals surface area contributed by atoms with Crippen molar-refractivity contribution in [3.8, 4) is 5.75 Å². The molecule has 1 heterocycles. The van der Waals surface area contributed by atoms with Crippen molar-refractivity contribution < 1.29 is 9.53 Å². The van der Waals surface area contributed by atoms with Gasteiger partial charge in [-0.25, -0.2) is 9.97 Å². The first kappa shape index (κ1) is 15.4. The van der Waals surface area contributed by atoms with Crippen molar-refractivity contribution in [2.75, 3.05) is 23.9 Å². The molecule has 21 heavy (non-hydrogen) atoms. The van der Waals surface area contributed by atoms with Crippen molar-refractivity contribution in [2.45, 2.75) is 5.03 Å². The van der Waals surface area contributed by atoms with Crippen LogP contribution in [-0.4, -0.2) is 28.7 Å². The summed E-state index contributed by atoms with van der Waals surface area (Å²) in [6.07, 6.45) is 3.03. The lowest BCUT2D eigenvalue weighted by Crippen LogP contribution is -2.14. The number of ether oxygens (including phenoxy) is 1. The summed E-state index contributed by atoms with van der Waals surface area (Å²) in [5.41, 5.74) is 6.25. The number of hydrogen-bond acceptors (Lipinski definition) is 6. The zero-order valence-corrected chi connectivity index (χ0v) is 12.7. The maximum Gasteiger partial charge on any atom is 0.234 e. The fourth-order valence-electron chi connectivity index (χ4n) is 1.52. The molecule has 0 spiro atoms. The number of rotatable bonds is 5. The Bertz CT molecular complexity index is 654. The summed E-state index contributed by atoms with van der Waals surface area (Å²) < 4.78 is 5.05. The number of nitrogens with one attached hydrogen (secondary N) is 1. The van der Waals surface area contributed by atoms with Crippen LogP contribution in [0.2, 0.25) is 5.02 Å². The van der Waals surface area contributed by atoms with Gasteiger partial charge in [-0.05, 0) is 18.2 Å². The minimum absolute atomic E-state index is 0.173. The highest BCUT2D eigenvalue weighted by molar-refractivity contribution is 8.00. The van der Waals surface area contributed by atoms with E-state index in [0.29, 0.717) is 27.3 Å². The van der Waals surface area contributed by atoms with E-state index >= 15 is 0 Å². The number of halogens is 1. The number of nitrogen functional groups attached to an aromatic ring is 1. The van der Waals surface area contributed by atoms with E-state index in [2.05, 4.69) is 15.3 Å². The number of methoxy groups -OCH3 is 1. The first-order chi connectivity index (χ1) is 10.1. The fraction of sp³-hybridized carbons (Fsp3) is 0.154. The Morgan fingerprint density at radius 1 is 1.43 bits per heavy atom. The highest BCUT2D eigenvalue weighted by Gasteiger charge is 2.08. The van der Waals surface area contributed by atoms with Crippen LogP contribution in [0.3, 0.4) is 0 Å². The molecular weight excluding hydrogens is 312 g/mol. The Balaban J connectivity index is 1.93. The number of nitrogens with two attached hydrogens (primary N) is 1. The Morgan fingerprint density at radius 2 is 2.19 bits per heavy atom. The average Bonchev–Trinajstić information content (AvgIpc) is 2.46. The molecule has 0 unspecified atom stereocenters. The van der Waals surface area contributed by atoms with Gasteiger partial charge in [-0.1, -0.05) is 23.4 Å². The van der Waals surface area contributed by atoms with Crippen molar-refractivity contribution >= 4 is 40.8 Å². The second-order valence-electron chi connectivity index (χ2n) is 3.93. The van der Waals surface area contributed by atoms with E-state index in [1.807, 2.05) is 0 Å². The average molecular weight is 325 g/mol. The lowest BCUT2D eigenvalue weighted by molar-refractivity contribution is -0.113. The van der Waals surface area contributed by atoms with Crippen LogP contribution >= 0.6 is 23.4 Å². The predicted octanol–water partition coefficient (Wildman–Crippen LogP) is 2.45. The van der Waals surface area contributed by atoms with Crippen LogP contribution in [0.25, 0.3) is 0 Å². The SMILES string of the molecule is COc1ccc(NC(=O)CSc2nccnc2N)cc1Cl. The van der Waals surface area contributed by atoms with E-state index in [0.717, 1.165) is 0 Å². The summed E-state index contributed by atoms with van der Waals surface area (Å²) in [6, 6.07) is 5.02. The molecule has 6 nitrogen and oxygen atoms in total. The van der Waals surface area contributed by atoms with Crippen molar-refractivity contribution in [3.63, 3.8) is 0 Å². The monoisotopic (exact) mass is 324 g/mol. The number of thioether (sulfide) groups is 1. The first-order valence-electron chi connectivity index (χ1n) is 5.93. The number of carbonyl (C=O) groups is 1. The normalized spacial score (nSPS) is 10.2. The molecule has 0 aliphatic heterocycles. The van der Waals surface area contributed by atoms with E-state index in [1.165, 1.54) is 31.3 Å². The minimum Gasteiger partial charge on any atom is -0.495 e. The van der Waals surface area contributed by atoms with Crippen molar-refractivity contribution in [1.29, 1.82) is 0 Å². The molecule has 0 bridgehead atoms. The van der Waals surface area contributed by atoms with E-state index in [-0.39, 0.29) is 11.7 Å². The molecule has 0 saturated heterocycles. The van der Waals surface area contributed by atoms with Crippen LogP contribution in [0, 0.1) is 0 Å². The lowest BCUT2D eigenvalue weighted by atomic mass is 10.3. The quantitative estimate of drug-likeness (QED) is 0.821. The molecule has 8 heteroatoms. The van der Waals surface area contributed by atoms with Gasteiger partial charge in [-0.3, -0.25) is 4.79 Å². The van der Waals surface area contributed by atoms with Gasteiger partial charge in [0.05, 0.1) is 17.9 Å². The second-order valence-corrected chi connectivity index (χ2v) is 5.30. The predicted molar refractivity (Wildman–Crippen MR) is 83.8 cm³/mol. The molecule has 1 amide bonds. The van der Waals surface area contributed by atoms with Gasteiger partial charge < -0.3 is 15.8 Å². The van der Waals surface area contributed by atoms with Crippen LogP contribution in [0.5, 0.6) is 5.75 Å². The number of nitrogens with zero attached hydrogens (tertiary/aromatic N) is 2. The second kappa shape index (κ2) is 7.14. The Labute approximate surface area is 131 Å². The summed E-state index contributed by atoms with van der Waals surface area (Å²) in [5.74, 6) is 0.845. The van der Waals surface area contributed by atoms with E-state index in [1.54, 1.807) is 18.2 Å². The molecule has 0 saturated carbocycles. The molecule has 0 aliphatic rings. The van der Waals surface area contributed by atoms with Crippen LogP contribution in [0.15, 0.2) is 35.6 Å². The summed E-state index contributed by atoms with van der Waals surface area (Å²) in [4.78, 5) is 19.8. The zero-order chi connectivity index (χ0) is 15.2. The molecule has 2 rings (SSSR count). The molecule has 0 fully saturated rings. The van der Waals surface area contributed by atoms with Crippen molar-refractivity contribution in [2.24, 2.45) is 0 Å². The molecule has 1 aromatic carbocycles. The van der Waals surface area contributed by atoms with Gasteiger partial charge in [0.15, 0.2) is 5.82 Å². The van der Waals surface area contributed by atoms with E-state index in [9.17, 15) is 4.79 Å². The molecular formula is C13H13ClN4O2S. The number of hydrogen-bond donors (Lipinski definition) is 2. The van der Waals surface area contributed by atoms with E-state index in [4.69, 9.17) is 22.1 Å². The van der Waals surface area contributed by atoms with Crippen LogP contribution < -0.4 is 15.8 Å². The van der Waals surface area contributed by atoms with Crippen LogP contribution in [0.1, 0.15) is 0 Å². The van der Waals surface area contributed by atoms with Crippen molar-refractivity contribution in [3.05, 3.63) is 35.6 Å². The highest BCUT2D eigenvalue weighted by atomic mass is 35.5. The Morgan fingerprint density at radius 3 is 2.86 bits per heavy atom.